The molecule has 2 N–H and O–H groups in total. The second-order valence-electron chi connectivity index (χ2n) is 6.83. The Balaban J connectivity index is 2.14. The molecule has 0 bridgehead atoms. The lowest BCUT2D eigenvalue weighted by molar-refractivity contribution is 0.147. The van der Waals surface area contributed by atoms with Gasteiger partial charge in [-0.05, 0) is 23.8 Å². The predicted molar refractivity (Wildman–Crippen MR) is 84.0 cm³/mol. The van der Waals surface area contributed by atoms with E-state index in [-0.39, 0.29) is 30.1 Å². The minimum absolute atomic E-state index is 0.0404. The van der Waals surface area contributed by atoms with E-state index in [1.54, 1.807) is 4.90 Å². The van der Waals surface area contributed by atoms with Crippen LogP contribution in [-0.2, 0) is 0 Å². The summed E-state index contributed by atoms with van der Waals surface area (Å²) in [5.41, 5.74) is 1.03. The highest BCUT2D eigenvalue weighted by atomic mass is 16.3. The average molecular weight is 290 g/mol. The van der Waals surface area contributed by atoms with Gasteiger partial charge >= 0.3 is 6.03 Å². The van der Waals surface area contributed by atoms with Crippen LogP contribution < -0.4 is 5.32 Å². The molecule has 1 aromatic carbocycles. The Morgan fingerprint density at radius 2 is 2.05 bits per heavy atom. The number of amides is 2. The van der Waals surface area contributed by atoms with Crippen LogP contribution in [0.5, 0.6) is 0 Å². The molecule has 1 aliphatic rings. The minimum Gasteiger partial charge on any atom is -0.394 e. The second-order valence-corrected chi connectivity index (χ2v) is 6.83. The molecule has 0 saturated carbocycles. The van der Waals surface area contributed by atoms with Crippen LogP contribution in [0.25, 0.3) is 0 Å². The Hall–Kier alpha value is -1.55. The number of rotatable bonds is 3. The zero-order valence-electron chi connectivity index (χ0n) is 13.2. The highest BCUT2D eigenvalue weighted by Gasteiger charge is 2.33. The maximum Gasteiger partial charge on any atom is 0.318 e. The van der Waals surface area contributed by atoms with Crippen LogP contribution in [0.3, 0.4) is 0 Å². The topological polar surface area (TPSA) is 52.6 Å². The van der Waals surface area contributed by atoms with E-state index in [1.807, 2.05) is 30.3 Å². The van der Waals surface area contributed by atoms with E-state index in [1.165, 1.54) is 0 Å². The van der Waals surface area contributed by atoms with E-state index in [4.69, 9.17) is 0 Å². The van der Waals surface area contributed by atoms with Crippen molar-refractivity contribution in [2.75, 3.05) is 13.2 Å². The first-order valence-corrected chi connectivity index (χ1v) is 7.66. The van der Waals surface area contributed by atoms with Crippen LogP contribution in [0, 0.1) is 5.41 Å². The maximum absolute atomic E-state index is 12.5. The Kier molecular flexibility index (Phi) is 4.88. The van der Waals surface area contributed by atoms with Gasteiger partial charge in [0.15, 0.2) is 0 Å². The molecule has 1 aromatic rings. The Morgan fingerprint density at radius 1 is 1.38 bits per heavy atom. The van der Waals surface area contributed by atoms with Crippen molar-refractivity contribution < 1.29 is 9.90 Å². The predicted octanol–water partition coefficient (Wildman–Crippen LogP) is 2.94. The molecule has 0 aromatic heterocycles. The first-order valence-electron chi connectivity index (χ1n) is 7.66. The third-order valence-corrected chi connectivity index (χ3v) is 4.12. The number of carbonyl (C=O) groups is 1. The third kappa shape index (κ3) is 3.76. The van der Waals surface area contributed by atoms with E-state index in [0.29, 0.717) is 0 Å². The number of urea groups is 1. The van der Waals surface area contributed by atoms with Crippen LogP contribution in [0.4, 0.5) is 4.79 Å². The zero-order valence-corrected chi connectivity index (χ0v) is 13.2. The van der Waals surface area contributed by atoms with Gasteiger partial charge in [0.05, 0.1) is 18.7 Å². The fourth-order valence-corrected chi connectivity index (χ4v) is 2.94. The molecule has 1 aliphatic heterocycles. The summed E-state index contributed by atoms with van der Waals surface area (Å²) in [5.74, 6) is 0. The molecule has 4 nitrogen and oxygen atoms in total. The fourth-order valence-electron chi connectivity index (χ4n) is 2.94. The van der Waals surface area contributed by atoms with Crippen molar-refractivity contribution in [2.45, 2.75) is 45.7 Å². The van der Waals surface area contributed by atoms with Gasteiger partial charge in [-0.3, -0.25) is 0 Å². The molecule has 0 aliphatic carbocycles. The smallest absolute Gasteiger partial charge is 0.318 e. The monoisotopic (exact) mass is 290 g/mol. The van der Waals surface area contributed by atoms with Crippen molar-refractivity contribution in [3.05, 3.63) is 35.9 Å². The Morgan fingerprint density at radius 3 is 2.62 bits per heavy atom. The number of benzene rings is 1. The number of nitrogens with one attached hydrogen (secondary N) is 1. The van der Waals surface area contributed by atoms with Gasteiger partial charge in [0.2, 0.25) is 0 Å². The van der Waals surface area contributed by atoms with Gasteiger partial charge in [-0.25, -0.2) is 4.79 Å². The molecule has 0 spiro atoms. The van der Waals surface area contributed by atoms with Crippen molar-refractivity contribution in [2.24, 2.45) is 5.41 Å². The SMILES string of the molecule is CC(C)(C)C(NC(=O)N1CCCC1CO)c1ccccc1. The van der Waals surface area contributed by atoms with Crippen molar-refractivity contribution in [1.29, 1.82) is 0 Å². The van der Waals surface area contributed by atoms with Crippen LogP contribution in [0.1, 0.15) is 45.2 Å². The molecule has 1 saturated heterocycles. The highest BCUT2D eigenvalue weighted by molar-refractivity contribution is 5.75. The molecule has 2 unspecified atom stereocenters. The second kappa shape index (κ2) is 6.48. The molecule has 2 atom stereocenters. The summed E-state index contributed by atoms with van der Waals surface area (Å²) in [6, 6.07) is 9.89. The molecular weight excluding hydrogens is 264 g/mol. The van der Waals surface area contributed by atoms with E-state index in [9.17, 15) is 9.90 Å². The van der Waals surface area contributed by atoms with Gasteiger partial charge in [0.1, 0.15) is 0 Å². The van der Waals surface area contributed by atoms with Crippen LogP contribution in [-0.4, -0.2) is 35.2 Å². The summed E-state index contributed by atoms with van der Waals surface area (Å²) in [4.78, 5) is 14.3. The van der Waals surface area contributed by atoms with Crippen molar-refractivity contribution >= 4 is 6.03 Å². The largest absolute Gasteiger partial charge is 0.394 e. The molecular formula is C17H26N2O2. The molecule has 1 heterocycles. The number of likely N-dealkylation sites (tertiary alicyclic amines) is 1. The summed E-state index contributed by atoms with van der Waals surface area (Å²) in [6.45, 7) is 7.14. The summed E-state index contributed by atoms with van der Waals surface area (Å²) < 4.78 is 0. The number of nitrogens with zero attached hydrogens (tertiary/aromatic N) is 1. The first kappa shape index (κ1) is 15.8. The molecule has 2 rings (SSSR count). The number of aliphatic hydroxyl groups is 1. The number of aliphatic hydroxyl groups excluding tert-OH is 1. The van der Waals surface area contributed by atoms with E-state index in [0.717, 1.165) is 24.9 Å². The average Bonchev–Trinajstić information content (AvgIpc) is 2.92. The molecule has 4 heteroatoms. The van der Waals surface area contributed by atoms with Crippen LogP contribution in [0.15, 0.2) is 30.3 Å². The summed E-state index contributed by atoms with van der Waals surface area (Å²) in [7, 11) is 0. The first-order chi connectivity index (χ1) is 9.93. The lowest BCUT2D eigenvalue weighted by Crippen LogP contribution is -2.47. The third-order valence-electron chi connectivity index (χ3n) is 4.12. The number of hydrogen-bond acceptors (Lipinski definition) is 2. The Labute approximate surface area is 127 Å². The Bertz CT molecular complexity index is 467. The number of carbonyl (C=O) groups excluding carboxylic acids is 1. The summed E-state index contributed by atoms with van der Waals surface area (Å²) in [5, 5.41) is 12.5. The van der Waals surface area contributed by atoms with Gasteiger partial charge in [0, 0.05) is 6.54 Å². The highest BCUT2D eigenvalue weighted by Crippen LogP contribution is 2.33. The van der Waals surface area contributed by atoms with E-state index >= 15 is 0 Å². The van der Waals surface area contributed by atoms with Crippen molar-refractivity contribution in [3.63, 3.8) is 0 Å². The maximum atomic E-state index is 12.5. The summed E-state index contributed by atoms with van der Waals surface area (Å²) >= 11 is 0. The van der Waals surface area contributed by atoms with Crippen LogP contribution in [0.2, 0.25) is 0 Å². The lowest BCUT2D eigenvalue weighted by atomic mass is 9.82. The van der Waals surface area contributed by atoms with E-state index < -0.39 is 0 Å². The normalized spacial score (nSPS) is 20.4. The molecule has 2 amide bonds. The van der Waals surface area contributed by atoms with Gasteiger partial charge < -0.3 is 15.3 Å². The summed E-state index contributed by atoms with van der Waals surface area (Å²) in [6.07, 6.45) is 1.85. The van der Waals surface area contributed by atoms with Crippen molar-refractivity contribution in [1.82, 2.24) is 10.2 Å². The standard InChI is InChI=1S/C17H26N2O2/c1-17(2,3)15(13-8-5-4-6-9-13)18-16(21)19-11-7-10-14(19)12-20/h4-6,8-9,14-15,20H,7,10-12H2,1-3H3,(H,18,21). The molecule has 116 valence electrons. The zero-order chi connectivity index (χ0) is 15.5. The lowest BCUT2D eigenvalue weighted by Gasteiger charge is -2.34. The van der Waals surface area contributed by atoms with Crippen LogP contribution >= 0.6 is 0 Å². The van der Waals surface area contributed by atoms with Gasteiger partial charge in [-0.1, -0.05) is 51.1 Å². The molecule has 21 heavy (non-hydrogen) atoms. The van der Waals surface area contributed by atoms with Crippen molar-refractivity contribution in [3.8, 4) is 0 Å². The van der Waals surface area contributed by atoms with Gasteiger partial charge in [0.25, 0.3) is 0 Å². The quantitative estimate of drug-likeness (QED) is 0.899. The number of hydrogen-bond donors (Lipinski definition) is 2. The fraction of sp³-hybridized carbons (Fsp3) is 0.588. The minimum atomic E-state index is -0.0779. The van der Waals surface area contributed by atoms with Gasteiger partial charge in [-0.2, -0.15) is 0 Å². The molecule has 1 fully saturated rings. The van der Waals surface area contributed by atoms with Gasteiger partial charge in [-0.15, -0.1) is 0 Å². The molecule has 0 radical (unpaired) electrons. The van der Waals surface area contributed by atoms with E-state index in [2.05, 4.69) is 26.1 Å².